The van der Waals surface area contributed by atoms with Gasteiger partial charge in [0.25, 0.3) is 0 Å². The molecule has 7 heteroatoms. The quantitative estimate of drug-likeness (QED) is 0.337. The van der Waals surface area contributed by atoms with Crippen molar-refractivity contribution < 1.29 is 9.47 Å². The molecule has 0 aliphatic heterocycles. The summed E-state index contributed by atoms with van der Waals surface area (Å²) in [6, 6.07) is 13.9. The number of rotatable bonds is 6. The summed E-state index contributed by atoms with van der Waals surface area (Å²) in [7, 11) is 1.60. The number of methoxy groups -OCH3 is 1. The van der Waals surface area contributed by atoms with Crippen molar-refractivity contribution in [3.63, 3.8) is 0 Å². The van der Waals surface area contributed by atoms with E-state index in [4.69, 9.17) is 9.47 Å². The first-order chi connectivity index (χ1) is 12.6. The molecule has 0 atom stereocenters. The van der Waals surface area contributed by atoms with Gasteiger partial charge in [-0.3, -0.25) is 0 Å². The topological polar surface area (TPSA) is 55.1 Å². The van der Waals surface area contributed by atoms with Gasteiger partial charge < -0.3 is 9.47 Å². The van der Waals surface area contributed by atoms with Crippen LogP contribution < -0.4 is 9.47 Å². The fourth-order valence-corrected chi connectivity index (χ4v) is 4.88. The number of para-hydroxylation sites is 1. The van der Waals surface area contributed by atoms with Crippen molar-refractivity contribution >= 4 is 55.3 Å². The van der Waals surface area contributed by atoms with Gasteiger partial charge in [0.1, 0.15) is 6.07 Å². The zero-order valence-electron chi connectivity index (χ0n) is 14.2. The first-order valence-corrected chi connectivity index (χ1v) is 10.2. The molecule has 0 bridgehead atoms. The van der Waals surface area contributed by atoms with E-state index in [2.05, 4.69) is 27.0 Å². The Balaban J connectivity index is 1.91. The van der Waals surface area contributed by atoms with Gasteiger partial charge in [0.05, 0.1) is 33.3 Å². The van der Waals surface area contributed by atoms with Gasteiger partial charge in [-0.15, -0.1) is 11.3 Å². The van der Waals surface area contributed by atoms with Crippen LogP contribution in [-0.2, 0) is 0 Å². The molecule has 0 spiro atoms. The highest BCUT2D eigenvalue weighted by atomic mass is 79.9. The molecule has 0 unspecified atom stereocenters. The number of halogens is 1. The maximum atomic E-state index is 9.53. The van der Waals surface area contributed by atoms with E-state index in [-0.39, 0.29) is 0 Å². The highest BCUT2D eigenvalue weighted by Crippen LogP contribution is 2.39. The molecule has 0 radical (unpaired) electrons. The van der Waals surface area contributed by atoms with Gasteiger partial charge in [0, 0.05) is 0 Å². The lowest BCUT2D eigenvalue weighted by Crippen LogP contribution is -1.97. The Bertz CT molecular complexity index is 975. The highest BCUT2D eigenvalue weighted by Gasteiger charge is 2.12. The van der Waals surface area contributed by atoms with Crippen molar-refractivity contribution in [2.45, 2.75) is 11.3 Å². The van der Waals surface area contributed by atoms with Crippen LogP contribution in [0.5, 0.6) is 11.5 Å². The number of ether oxygens (including phenoxy) is 2. The second-order valence-corrected chi connectivity index (χ2v) is 8.31. The summed E-state index contributed by atoms with van der Waals surface area (Å²) in [5.74, 6) is 1.28. The van der Waals surface area contributed by atoms with Crippen LogP contribution in [-0.4, -0.2) is 18.7 Å². The van der Waals surface area contributed by atoms with Gasteiger partial charge in [-0.25, -0.2) is 4.98 Å². The Morgan fingerprint density at radius 3 is 2.88 bits per heavy atom. The zero-order chi connectivity index (χ0) is 18.5. The van der Waals surface area contributed by atoms with E-state index < -0.39 is 0 Å². The van der Waals surface area contributed by atoms with Crippen molar-refractivity contribution in [1.29, 1.82) is 5.26 Å². The second-order valence-electron chi connectivity index (χ2n) is 5.14. The number of thiazole rings is 1. The molecular formula is C19H15BrN2O2S2. The smallest absolute Gasteiger partial charge is 0.175 e. The van der Waals surface area contributed by atoms with Crippen LogP contribution in [0.2, 0.25) is 0 Å². The number of hydrogen-bond acceptors (Lipinski definition) is 6. The summed E-state index contributed by atoms with van der Waals surface area (Å²) >= 11 is 6.45. The van der Waals surface area contributed by atoms with Crippen LogP contribution in [0, 0.1) is 11.3 Å². The Kier molecular flexibility index (Phi) is 6.20. The van der Waals surface area contributed by atoms with Crippen LogP contribution in [0.4, 0.5) is 0 Å². The maximum absolute atomic E-state index is 9.53. The van der Waals surface area contributed by atoms with E-state index >= 15 is 0 Å². The minimum Gasteiger partial charge on any atom is -0.493 e. The Morgan fingerprint density at radius 1 is 1.38 bits per heavy atom. The Labute approximate surface area is 168 Å². The van der Waals surface area contributed by atoms with Gasteiger partial charge in [-0.1, -0.05) is 12.1 Å². The van der Waals surface area contributed by atoms with Crippen molar-refractivity contribution in [3.05, 3.63) is 51.3 Å². The van der Waals surface area contributed by atoms with Crippen LogP contribution in [0.1, 0.15) is 12.5 Å². The molecule has 0 N–H and O–H groups in total. The molecule has 0 aliphatic carbocycles. The summed E-state index contributed by atoms with van der Waals surface area (Å²) in [5.41, 5.74) is 1.80. The van der Waals surface area contributed by atoms with Crippen molar-refractivity contribution in [3.8, 4) is 17.6 Å². The van der Waals surface area contributed by atoms with Crippen molar-refractivity contribution in [2.24, 2.45) is 0 Å². The average Bonchev–Trinajstić information content (AvgIpc) is 3.05. The molecule has 0 saturated carbocycles. The van der Waals surface area contributed by atoms with Gasteiger partial charge in [-0.05, 0) is 70.5 Å². The summed E-state index contributed by atoms with van der Waals surface area (Å²) in [6.45, 7) is 2.46. The standard InChI is InChI=1S/C19H15BrN2O2S2/c1-3-24-18-14(20)9-12(10-16(18)23-2)8-13(11-21)25-19-22-15-6-4-5-7-17(15)26-19/h4-10H,3H2,1-2H3/b13-8+. The highest BCUT2D eigenvalue weighted by molar-refractivity contribution is 9.10. The predicted molar refractivity (Wildman–Crippen MR) is 111 cm³/mol. The van der Waals surface area contributed by atoms with E-state index in [9.17, 15) is 5.26 Å². The lowest BCUT2D eigenvalue weighted by atomic mass is 10.2. The molecule has 132 valence electrons. The van der Waals surface area contributed by atoms with E-state index in [1.807, 2.05) is 49.4 Å². The predicted octanol–water partition coefficient (Wildman–Crippen LogP) is 6.12. The fraction of sp³-hybridized carbons (Fsp3) is 0.158. The molecule has 3 aromatic rings. The average molecular weight is 447 g/mol. The molecule has 3 rings (SSSR count). The monoisotopic (exact) mass is 446 g/mol. The number of nitrogens with zero attached hydrogens (tertiary/aromatic N) is 2. The fourth-order valence-electron chi connectivity index (χ4n) is 2.33. The van der Waals surface area contributed by atoms with Crippen LogP contribution in [0.15, 0.2) is 50.1 Å². The third kappa shape index (κ3) is 4.21. The van der Waals surface area contributed by atoms with Gasteiger partial charge >= 0.3 is 0 Å². The molecule has 0 aliphatic rings. The Hall–Kier alpha value is -2.01. The number of hydrogen-bond donors (Lipinski definition) is 0. The maximum Gasteiger partial charge on any atom is 0.175 e. The number of fused-ring (bicyclic) bond motifs is 1. The minimum absolute atomic E-state index is 0.543. The summed E-state index contributed by atoms with van der Waals surface area (Å²) < 4.78 is 13.7. The Morgan fingerprint density at radius 2 is 2.19 bits per heavy atom. The molecule has 26 heavy (non-hydrogen) atoms. The SMILES string of the molecule is CCOc1c(Br)cc(/C=C(\C#N)Sc2nc3ccccc3s2)cc1OC. The molecule has 0 fully saturated rings. The number of nitriles is 1. The van der Waals surface area contributed by atoms with E-state index in [0.29, 0.717) is 23.0 Å². The van der Waals surface area contributed by atoms with Gasteiger partial charge in [0.2, 0.25) is 0 Å². The van der Waals surface area contributed by atoms with Crippen molar-refractivity contribution in [1.82, 2.24) is 4.98 Å². The van der Waals surface area contributed by atoms with Gasteiger partial charge in [0.15, 0.2) is 15.8 Å². The number of thioether (sulfide) groups is 1. The largest absolute Gasteiger partial charge is 0.493 e. The molecule has 1 heterocycles. The number of benzene rings is 2. The van der Waals surface area contributed by atoms with Crippen molar-refractivity contribution in [2.75, 3.05) is 13.7 Å². The lowest BCUT2D eigenvalue weighted by Gasteiger charge is -2.12. The third-order valence-corrected chi connectivity index (χ3v) is 6.03. The molecule has 4 nitrogen and oxygen atoms in total. The normalized spacial score (nSPS) is 11.4. The molecule has 0 saturated heterocycles. The second kappa shape index (κ2) is 8.58. The van der Waals surface area contributed by atoms with Gasteiger partial charge in [-0.2, -0.15) is 5.26 Å². The van der Waals surface area contributed by atoms with Crippen LogP contribution >= 0.6 is 39.0 Å². The third-order valence-electron chi connectivity index (χ3n) is 3.42. The molecule has 1 aromatic heterocycles. The first-order valence-electron chi connectivity index (χ1n) is 7.80. The van der Waals surface area contributed by atoms with E-state index in [0.717, 1.165) is 24.6 Å². The minimum atomic E-state index is 0.543. The number of allylic oxidation sites excluding steroid dienone is 1. The summed E-state index contributed by atoms with van der Waals surface area (Å²) in [6.07, 6.45) is 1.82. The first kappa shape index (κ1) is 18.8. The molecular weight excluding hydrogens is 432 g/mol. The zero-order valence-corrected chi connectivity index (χ0v) is 17.4. The number of aromatic nitrogens is 1. The van der Waals surface area contributed by atoms with Crippen LogP contribution in [0.25, 0.3) is 16.3 Å². The summed E-state index contributed by atoms with van der Waals surface area (Å²) in [5, 5.41) is 9.53. The summed E-state index contributed by atoms with van der Waals surface area (Å²) in [4.78, 5) is 5.12. The van der Waals surface area contributed by atoms with E-state index in [1.165, 1.54) is 11.8 Å². The molecule has 0 amide bonds. The van der Waals surface area contributed by atoms with Crippen LogP contribution in [0.3, 0.4) is 0 Å². The lowest BCUT2D eigenvalue weighted by molar-refractivity contribution is 0.309. The van der Waals surface area contributed by atoms with E-state index in [1.54, 1.807) is 18.4 Å². The molecule has 2 aromatic carbocycles.